The van der Waals surface area contributed by atoms with E-state index < -0.39 is 0 Å². The molecule has 0 saturated heterocycles. The fourth-order valence-corrected chi connectivity index (χ4v) is 3.06. The number of nitrogens with two attached hydrogens (primary N) is 1. The molecule has 4 nitrogen and oxygen atoms in total. The number of nitrogens with one attached hydrogen (secondary N) is 1. The van der Waals surface area contributed by atoms with Crippen LogP contribution in [0.3, 0.4) is 0 Å². The third-order valence-electron chi connectivity index (χ3n) is 3.20. The predicted octanol–water partition coefficient (Wildman–Crippen LogP) is 3.12. The zero-order valence-electron chi connectivity index (χ0n) is 11.6. The van der Waals surface area contributed by atoms with Crippen molar-refractivity contribution in [1.29, 1.82) is 0 Å². The first kappa shape index (κ1) is 13.6. The number of thiophene rings is 1. The predicted molar refractivity (Wildman–Crippen MR) is 86.4 cm³/mol. The molecule has 106 valence electrons. The van der Waals surface area contributed by atoms with Crippen LogP contribution in [0.5, 0.6) is 0 Å². The van der Waals surface area contributed by atoms with Crippen LogP contribution in [0.1, 0.15) is 20.1 Å². The maximum absolute atomic E-state index is 12.4. The number of carbonyl (C=O) groups is 1. The first-order valence-corrected chi connectivity index (χ1v) is 7.44. The number of carbonyl (C=O) groups excluding carboxylic acids is 1. The molecule has 21 heavy (non-hydrogen) atoms. The van der Waals surface area contributed by atoms with Gasteiger partial charge in [-0.05, 0) is 31.2 Å². The van der Waals surface area contributed by atoms with Crippen LogP contribution in [0.4, 0.5) is 5.82 Å². The Morgan fingerprint density at radius 3 is 2.86 bits per heavy atom. The highest BCUT2D eigenvalue weighted by Gasteiger charge is 2.12. The lowest BCUT2D eigenvalue weighted by Crippen LogP contribution is -2.23. The topological polar surface area (TPSA) is 68.0 Å². The van der Waals surface area contributed by atoms with Gasteiger partial charge in [0, 0.05) is 15.1 Å². The molecule has 0 fully saturated rings. The van der Waals surface area contributed by atoms with Gasteiger partial charge in [-0.3, -0.25) is 4.79 Å². The number of aryl methyl sites for hydroxylation is 1. The quantitative estimate of drug-likeness (QED) is 0.780. The molecule has 1 amide bonds. The molecular weight excluding hydrogens is 282 g/mol. The first-order valence-electron chi connectivity index (χ1n) is 6.62. The number of para-hydroxylation sites is 1. The van der Waals surface area contributed by atoms with Crippen molar-refractivity contribution in [3.63, 3.8) is 0 Å². The van der Waals surface area contributed by atoms with Crippen LogP contribution in [-0.4, -0.2) is 10.9 Å². The van der Waals surface area contributed by atoms with Gasteiger partial charge < -0.3 is 11.1 Å². The minimum Gasteiger partial charge on any atom is -0.384 e. The maximum atomic E-state index is 12.4. The summed E-state index contributed by atoms with van der Waals surface area (Å²) in [5.74, 6) is 0.220. The van der Waals surface area contributed by atoms with Gasteiger partial charge in [-0.1, -0.05) is 18.2 Å². The van der Waals surface area contributed by atoms with Crippen molar-refractivity contribution in [2.45, 2.75) is 13.5 Å². The number of pyridine rings is 1. The van der Waals surface area contributed by atoms with Crippen molar-refractivity contribution in [3.05, 3.63) is 57.8 Å². The molecule has 0 bridgehead atoms. The van der Waals surface area contributed by atoms with Gasteiger partial charge in [-0.2, -0.15) is 0 Å². The molecule has 0 unspecified atom stereocenters. The van der Waals surface area contributed by atoms with Gasteiger partial charge in [-0.25, -0.2) is 4.98 Å². The largest absolute Gasteiger partial charge is 0.384 e. The average molecular weight is 297 g/mol. The number of amides is 1. The minimum absolute atomic E-state index is 0.133. The number of benzene rings is 1. The second-order valence-corrected chi connectivity index (χ2v) is 6.18. The molecule has 0 aliphatic carbocycles. The fourth-order valence-electron chi connectivity index (χ4n) is 2.23. The average Bonchev–Trinajstić information content (AvgIpc) is 2.89. The van der Waals surface area contributed by atoms with E-state index in [0.29, 0.717) is 17.9 Å². The molecule has 5 heteroatoms. The number of aromatic nitrogens is 1. The Labute approximate surface area is 126 Å². The van der Waals surface area contributed by atoms with Gasteiger partial charge in [0.1, 0.15) is 5.82 Å². The molecule has 0 atom stereocenters. The summed E-state index contributed by atoms with van der Waals surface area (Å²) in [5, 5.41) is 3.75. The van der Waals surface area contributed by atoms with Crippen molar-refractivity contribution < 1.29 is 4.79 Å². The molecule has 2 aromatic heterocycles. The van der Waals surface area contributed by atoms with Crippen molar-refractivity contribution >= 4 is 34.0 Å². The van der Waals surface area contributed by atoms with E-state index in [1.807, 2.05) is 43.3 Å². The Balaban J connectivity index is 1.87. The fraction of sp³-hybridized carbons (Fsp3) is 0.125. The molecule has 0 aliphatic heterocycles. The van der Waals surface area contributed by atoms with Crippen molar-refractivity contribution in [1.82, 2.24) is 10.3 Å². The molecule has 0 radical (unpaired) electrons. The van der Waals surface area contributed by atoms with Crippen LogP contribution in [0.2, 0.25) is 0 Å². The van der Waals surface area contributed by atoms with E-state index >= 15 is 0 Å². The number of hydrogen-bond acceptors (Lipinski definition) is 4. The Morgan fingerprint density at radius 2 is 2.10 bits per heavy atom. The normalized spacial score (nSPS) is 10.7. The van der Waals surface area contributed by atoms with Gasteiger partial charge in [-0.15, -0.1) is 11.3 Å². The van der Waals surface area contributed by atoms with E-state index in [-0.39, 0.29) is 5.91 Å². The summed E-state index contributed by atoms with van der Waals surface area (Å²) in [6, 6.07) is 13.2. The lowest BCUT2D eigenvalue weighted by atomic mass is 10.1. The summed E-state index contributed by atoms with van der Waals surface area (Å²) < 4.78 is 0. The third kappa shape index (κ3) is 2.87. The van der Waals surface area contributed by atoms with E-state index in [2.05, 4.69) is 10.3 Å². The smallest absolute Gasteiger partial charge is 0.252 e. The number of rotatable bonds is 3. The second kappa shape index (κ2) is 5.54. The lowest BCUT2D eigenvalue weighted by molar-refractivity contribution is 0.0953. The van der Waals surface area contributed by atoms with Crippen LogP contribution in [-0.2, 0) is 6.54 Å². The third-order valence-corrected chi connectivity index (χ3v) is 4.20. The highest BCUT2D eigenvalue weighted by atomic mass is 32.1. The van der Waals surface area contributed by atoms with Gasteiger partial charge in [0.2, 0.25) is 0 Å². The molecule has 2 heterocycles. The Hall–Kier alpha value is -2.40. The zero-order chi connectivity index (χ0) is 14.8. The van der Waals surface area contributed by atoms with E-state index in [1.165, 1.54) is 4.88 Å². The molecule has 3 N–H and O–H groups in total. The Bertz CT molecular complexity index is 810. The molecular formula is C16H15N3OS. The highest BCUT2D eigenvalue weighted by Crippen LogP contribution is 2.20. The second-order valence-electron chi connectivity index (χ2n) is 4.81. The SMILES string of the molecule is Cc1ccc(CNC(=O)c2cc(N)nc3ccccc23)s1. The number of anilines is 1. The Morgan fingerprint density at radius 1 is 1.29 bits per heavy atom. The molecule has 3 aromatic rings. The zero-order valence-corrected chi connectivity index (χ0v) is 12.4. The number of hydrogen-bond donors (Lipinski definition) is 2. The molecule has 0 spiro atoms. The summed E-state index contributed by atoms with van der Waals surface area (Å²) in [6.45, 7) is 2.57. The van der Waals surface area contributed by atoms with Crippen LogP contribution in [0.25, 0.3) is 10.9 Å². The highest BCUT2D eigenvalue weighted by molar-refractivity contribution is 7.11. The van der Waals surface area contributed by atoms with E-state index in [1.54, 1.807) is 17.4 Å². The van der Waals surface area contributed by atoms with Gasteiger partial charge in [0.25, 0.3) is 5.91 Å². The number of nitrogens with zero attached hydrogens (tertiary/aromatic N) is 1. The molecule has 0 saturated carbocycles. The Kier molecular flexibility index (Phi) is 3.58. The summed E-state index contributed by atoms with van der Waals surface area (Å²) in [5.41, 5.74) is 7.08. The van der Waals surface area contributed by atoms with Crippen molar-refractivity contribution in [3.8, 4) is 0 Å². The summed E-state index contributed by atoms with van der Waals surface area (Å²) in [6.07, 6.45) is 0. The van der Waals surface area contributed by atoms with Gasteiger partial charge in [0.15, 0.2) is 0 Å². The van der Waals surface area contributed by atoms with Crippen molar-refractivity contribution in [2.24, 2.45) is 0 Å². The van der Waals surface area contributed by atoms with Gasteiger partial charge in [0.05, 0.1) is 17.6 Å². The minimum atomic E-state index is -0.133. The van der Waals surface area contributed by atoms with Crippen molar-refractivity contribution in [2.75, 3.05) is 5.73 Å². The summed E-state index contributed by atoms with van der Waals surface area (Å²) in [4.78, 5) is 19.0. The van der Waals surface area contributed by atoms with Crippen LogP contribution >= 0.6 is 11.3 Å². The lowest BCUT2D eigenvalue weighted by Gasteiger charge is -2.08. The standard InChI is InChI=1S/C16H15N3OS/c1-10-6-7-11(21-10)9-18-16(20)13-8-15(17)19-14-5-3-2-4-12(13)14/h2-8H,9H2,1H3,(H2,17,19)(H,18,20). The molecule has 0 aliphatic rings. The molecule has 1 aromatic carbocycles. The first-order chi connectivity index (χ1) is 10.1. The van der Waals surface area contributed by atoms with E-state index in [0.717, 1.165) is 15.8 Å². The van der Waals surface area contributed by atoms with E-state index in [9.17, 15) is 4.79 Å². The van der Waals surface area contributed by atoms with Crippen LogP contribution in [0.15, 0.2) is 42.5 Å². The monoisotopic (exact) mass is 297 g/mol. The van der Waals surface area contributed by atoms with Crippen LogP contribution < -0.4 is 11.1 Å². The summed E-state index contributed by atoms with van der Waals surface area (Å²) >= 11 is 1.68. The number of nitrogen functional groups attached to an aromatic ring is 1. The van der Waals surface area contributed by atoms with Crippen LogP contribution in [0, 0.1) is 6.92 Å². The van der Waals surface area contributed by atoms with E-state index in [4.69, 9.17) is 5.73 Å². The molecule has 3 rings (SSSR count). The number of fused-ring (bicyclic) bond motifs is 1. The maximum Gasteiger partial charge on any atom is 0.252 e. The van der Waals surface area contributed by atoms with Gasteiger partial charge >= 0.3 is 0 Å². The summed E-state index contributed by atoms with van der Waals surface area (Å²) in [7, 11) is 0.